The zero-order valence-electron chi connectivity index (χ0n) is 11.0. The topological polar surface area (TPSA) is 86.0 Å². The largest absolute Gasteiger partial charge is 0.482 e. The fourth-order valence-electron chi connectivity index (χ4n) is 1.54. The molecule has 116 valence electrons. The summed E-state index contributed by atoms with van der Waals surface area (Å²) >= 11 is 0. The molecule has 2 rings (SSSR count). The van der Waals surface area contributed by atoms with Gasteiger partial charge in [-0.15, -0.1) is 0 Å². The van der Waals surface area contributed by atoms with Crippen LogP contribution in [0, 0.1) is 0 Å². The maximum Gasteiger partial charge on any atom is 0.387 e. The monoisotopic (exact) mass is 312 g/mol. The van der Waals surface area contributed by atoms with Crippen LogP contribution in [0.5, 0.6) is 11.5 Å². The van der Waals surface area contributed by atoms with Crippen molar-refractivity contribution in [3.05, 3.63) is 58.1 Å². The van der Waals surface area contributed by atoms with E-state index >= 15 is 0 Å². The minimum absolute atomic E-state index is 0.00377. The lowest BCUT2D eigenvalue weighted by atomic mass is 10.2. The average Bonchev–Trinajstić information content (AvgIpc) is 2.46. The lowest BCUT2D eigenvalue weighted by Crippen LogP contribution is -2.10. The van der Waals surface area contributed by atoms with Gasteiger partial charge in [0, 0.05) is 6.07 Å². The standard InChI is InChI=1S/C14H10F2O6/c15-14(16)22-9-3-1-8(2-4-9)6-20-12-7-21-11(13(18)19)5-10(12)17/h1-5,7,14H,6H2,(H,18,19). The van der Waals surface area contributed by atoms with Crippen molar-refractivity contribution in [2.75, 3.05) is 0 Å². The van der Waals surface area contributed by atoms with Crippen LogP contribution in [0.25, 0.3) is 0 Å². The van der Waals surface area contributed by atoms with Crippen LogP contribution >= 0.6 is 0 Å². The number of hydrogen-bond acceptors (Lipinski definition) is 5. The van der Waals surface area contributed by atoms with Crippen molar-refractivity contribution in [2.45, 2.75) is 13.2 Å². The van der Waals surface area contributed by atoms with Crippen molar-refractivity contribution in [1.82, 2.24) is 0 Å². The molecular weight excluding hydrogens is 302 g/mol. The summed E-state index contributed by atoms with van der Waals surface area (Å²) in [5, 5.41) is 8.66. The Bertz CT molecular complexity index is 708. The third-order valence-electron chi connectivity index (χ3n) is 2.55. The van der Waals surface area contributed by atoms with Crippen LogP contribution in [0.4, 0.5) is 8.78 Å². The third-order valence-corrected chi connectivity index (χ3v) is 2.55. The Morgan fingerprint density at radius 3 is 2.50 bits per heavy atom. The van der Waals surface area contributed by atoms with Gasteiger partial charge in [-0.1, -0.05) is 12.1 Å². The third kappa shape index (κ3) is 4.05. The Labute approximate surface area is 122 Å². The molecule has 0 aliphatic carbocycles. The lowest BCUT2D eigenvalue weighted by Gasteiger charge is -2.07. The molecule has 0 unspecified atom stereocenters. The maximum absolute atomic E-state index is 12.0. The van der Waals surface area contributed by atoms with Gasteiger partial charge in [-0.2, -0.15) is 8.78 Å². The number of halogens is 2. The first-order chi connectivity index (χ1) is 10.5. The van der Waals surface area contributed by atoms with Crippen LogP contribution in [-0.4, -0.2) is 17.7 Å². The number of aromatic carboxylic acids is 1. The summed E-state index contributed by atoms with van der Waals surface area (Å²) in [6, 6.07) is 6.45. The fraction of sp³-hybridized carbons (Fsp3) is 0.143. The smallest absolute Gasteiger partial charge is 0.387 e. The van der Waals surface area contributed by atoms with E-state index in [0.717, 1.165) is 12.3 Å². The number of rotatable bonds is 6. The molecule has 0 radical (unpaired) electrons. The molecule has 1 aromatic heterocycles. The van der Waals surface area contributed by atoms with E-state index in [9.17, 15) is 18.4 Å². The molecule has 0 saturated carbocycles. The number of carboxylic acid groups (broad SMARTS) is 1. The predicted molar refractivity (Wildman–Crippen MR) is 69.3 cm³/mol. The Balaban J connectivity index is 2.01. The van der Waals surface area contributed by atoms with Crippen molar-refractivity contribution >= 4 is 5.97 Å². The molecule has 2 aromatic rings. The van der Waals surface area contributed by atoms with Gasteiger partial charge < -0.3 is 19.0 Å². The van der Waals surface area contributed by atoms with Gasteiger partial charge in [0.15, 0.2) is 0 Å². The highest BCUT2D eigenvalue weighted by atomic mass is 19.3. The van der Waals surface area contributed by atoms with E-state index in [1.54, 1.807) is 0 Å². The average molecular weight is 312 g/mol. The van der Waals surface area contributed by atoms with Crippen LogP contribution in [0.1, 0.15) is 16.1 Å². The Kier molecular flexibility index (Phi) is 4.72. The predicted octanol–water partition coefficient (Wildman–Crippen LogP) is 2.52. The molecule has 1 aromatic carbocycles. The van der Waals surface area contributed by atoms with Crippen molar-refractivity contribution in [2.24, 2.45) is 0 Å². The Hall–Kier alpha value is -2.90. The van der Waals surface area contributed by atoms with Crippen molar-refractivity contribution in [3.63, 3.8) is 0 Å². The highest BCUT2D eigenvalue weighted by Gasteiger charge is 2.10. The second kappa shape index (κ2) is 6.70. The molecule has 8 heteroatoms. The van der Waals surface area contributed by atoms with Gasteiger partial charge in [-0.05, 0) is 17.7 Å². The molecule has 1 heterocycles. The van der Waals surface area contributed by atoms with Gasteiger partial charge in [0.05, 0.1) is 0 Å². The van der Waals surface area contributed by atoms with Crippen LogP contribution in [0.3, 0.4) is 0 Å². The van der Waals surface area contributed by atoms with Crippen LogP contribution in [-0.2, 0) is 6.61 Å². The van der Waals surface area contributed by atoms with Crippen molar-refractivity contribution < 1.29 is 32.6 Å². The molecular formula is C14H10F2O6. The fourth-order valence-corrected chi connectivity index (χ4v) is 1.54. The maximum atomic E-state index is 12.0. The Morgan fingerprint density at radius 1 is 1.27 bits per heavy atom. The van der Waals surface area contributed by atoms with E-state index in [4.69, 9.17) is 14.3 Å². The molecule has 0 bridgehead atoms. The second-order valence-electron chi connectivity index (χ2n) is 4.09. The van der Waals surface area contributed by atoms with Crippen molar-refractivity contribution in [3.8, 4) is 11.5 Å². The molecule has 0 aliphatic heterocycles. The van der Waals surface area contributed by atoms with Crippen LogP contribution in [0.2, 0.25) is 0 Å². The van der Waals surface area contributed by atoms with Crippen molar-refractivity contribution in [1.29, 1.82) is 0 Å². The van der Waals surface area contributed by atoms with E-state index in [0.29, 0.717) is 5.56 Å². The van der Waals surface area contributed by atoms with Crippen LogP contribution in [0.15, 0.2) is 45.8 Å². The first-order valence-electron chi connectivity index (χ1n) is 5.98. The number of hydrogen-bond donors (Lipinski definition) is 1. The van der Waals surface area contributed by atoms with E-state index in [1.165, 1.54) is 24.3 Å². The quantitative estimate of drug-likeness (QED) is 0.882. The summed E-state index contributed by atoms with van der Waals surface area (Å²) in [5.41, 5.74) is -0.0374. The highest BCUT2D eigenvalue weighted by molar-refractivity contribution is 5.84. The molecule has 0 aliphatic rings. The van der Waals surface area contributed by atoms with Gasteiger partial charge in [-0.3, -0.25) is 4.79 Å². The highest BCUT2D eigenvalue weighted by Crippen LogP contribution is 2.16. The number of carboxylic acids is 1. The van der Waals surface area contributed by atoms with E-state index in [-0.39, 0.29) is 18.1 Å². The minimum Gasteiger partial charge on any atom is -0.482 e. The van der Waals surface area contributed by atoms with Gasteiger partial charge in [0.25, 0.3) is 0 Å². The van der Waals surface area contributed by atoms with Gasteiger partial charge in [0.2, 0.25) is 16.9 Å². The van der Waals surface area contributed by atoms with E-state index in [1.807, 2.05) is 0 Å². The summed E-state index contributed by atoms with van der Waals surface area (Å²) < 4.78 is 38.1. The summed E-state index contributed by atoms with van der Waals surface area (Å²) in [7, 11) is 0. The SMILES string of the molecule is O=C(O)c1cc(=O)c(OCc2ccc(OC(F)F)cc2)co1. The molecule has 0 spiro atoms. The van der Waals surface area contributed by atoms with E-state index < -0.39 is 23.8 Å². The summed E-state index contributed by atoms with van der Waals surface area (Å²) in [4.78, 5) is 22.2. The number of carbonyl (C=O) groups is 1. The summed E-state index contributed by atoms with van der Waals surface area (Å²) in [6.45, 7) is -2.92. The normalized spacial score (nSPS) is 10.5. The lowest BCUT2D eigenvalue weighted by molar-refractivity contribution is -0.0498. The first kappa shape index (κ1) is 15.5. The molecule has 0 fully saturated rings. The number of benzene rings is 1. The molecule has 0 amide bonds. The molecule has 22 heavy (non-hydrogen) atoms. The first-order valence-corrected chi connectivity index (χ1v) is 5.98. The minimum atomic E-state index is -2.90. The molecule has 6 nitrogen and oxygen atoms in total. The second-order valence-corrected chi connectivity index (χ2v) is 4.09. The van der Waals surface area contributed by atoms with Crippen LogP contribution < -0.4 is 14.9 Å². The zero-order valence-corrected chi connectivity index (χ0v) is 11.0. The molecule has 0 saturated heterocycles. The number of ether oxygens (including phenoxy) is 2. The van der Waals surface area contributed by atoms with Gasteiger partial charge in [-0.25, -0.2) is 4.79 Å². The number of alkyl halides is 2. The van der Waals surface area contributed by atoms with E-state index in [2.05, 4.69) is 4.74 Å². The Morgan fingerprint density at radius 2 is 1.95 bits per heavy atom. The summed E-state index contributed by atoms with van der Waals surface area (Å²) in [5.74, 6) is -2.01. The molecule has 1 N–H and O–H groups in total. The zero-order chi connectivity index (χ0) is 16.1. The molecule has 0 atom stereocenters. The summed E-state index contributed by atoms with van der Waals surface area (Å²) in [6.07, 6.45) is 0.903. The van der Waals surface area contributed by atoms with Gasteiger partial charge >= 0.3 is 12.6 Å². The van der Waals surface area contributed by atoms with Gasteiger partial charge in [0.1, 0.15) is 18.6 Å².